The third-order valence-corrected chi connectivity index (χ3v) is 8.88. The van der Waals surface area contributed by atoms with E-state index in [1.165, 1.54) is 19.2 Å². The molecule has 0 aliphatic carbocycles. The number of hydrogen-bond donors (Lipinski definition) is 2. The van der Waals surface area contributed by atoms with Gasteiger partial charge in [0.1, 0.15) is 5.82 Å². The van der Waals surface area contributed by atoms with Gasteiger partial charge in [0, 0.05) is 74.1 Å². The van der Waals surface area contributed by atoms with Crippen molar-refractivity contribution in [3.63, 3.8) is 0 Å². The van der Waals surface area contributed by atoms with Crippen molar-refractivity contribution in [2.24, 2.45) is 0 Å². The predicted octanol–water partition coefficient (Wildman–Crippen LogP) is 3.59. The number of fused-ring (bicyclic) bond motifs is 1. The number of benzene rings is 2. The molecule has 4 aromatic rings. The number of thiazole rings is 1. The van der Waals surface area contributed by atoms with E-state index >= 15 is 0 Å². The summed E-state index contributed by atoms with van der Waals surface area (Å²) in [4.78, 5) is 37.3. The van der Waals surface area contributed by atoms with Gasteiger partial charge in [-0.2, -0.15) is 5.10 Å². The van der Waals surface area contributed by atoms with E-state index in [4.69, 9.17) is 4.74 Å². The second kappa shape index (κ2) is 11.2. The SMILES string of the molecule is CO[C@@]1(C(=O)Nc2ccc3[nH]nc(-c4ccc(F)cc4)c3c2)CCN(CC(=O)N2CCN(c3nccs3)C[C@H]2C)C1. The molecule has 41 heavy (non-hydrogen) atoms. The van der Waals surface area contributed by atoms with Gasteiger partial charge in [-0.15, -0.1) is 11.3 Å². The van der Waals surface area contributed by atoms with Gasteiger partial charge < -0.3 is 19.9 Å². The van der Waals surface area contributed by atoms with E-state index in [1.54, 1.807) is 35.7 Å². The summed E-state index contributed by atoms with van der Waals surface area (Å²) in [5.41, 5.74) is 1.77. The standard InChI is InChI=1S/C29H32FN7O3S/c1-19-16-36(28-31-10-14-41-28)12-13-37(19)25(38)17-35-11-9-29(18-35,40-2)27(39)32-22-7-8-24-23(15-22)26(34-33-24)20-3-5-21(30)6-4-20/h3-8,10,14-15,19H,9,11-13,16-18H2,1-2H3,(H,32,39)(H,33,34)/t19-,29+/m1/s1. The predicted molar refractivity (Wildman–Crippen MR) is 156 cm³/mol. The van der Waals surface area contributed by atoms with Crippen LogP contribution in [0.5, 0.6) is 0 Å². The van der Waals surface area contributed by atoms with Gasteiger partial charge in [-0.3, -0.25) is 19.6 Å². The summed E-state index contributed by atoms with van der Waals surface area (Å²) in [6.45, 7) is 5.33. The molecular formula is C29H32FN7O3S. The van der Waals surface area contributed by atoms with Crippen molar-refractivity contribution in [3.8, 4) is 11.3 Å². The second-order valence-corrected chi connectivity index (χ2v) is 11.5. The van der Waals surface area contributed by atoms with Crippen LogP contribution in [0.4, 0.5) is 15.2 Å². The Labute approximate surface area is 241 Å². The van der Waals surface area contributed by atoms with Crippen LogP contribution >= 0.6 is 11.3 Å². The molecule has 2 saturated heterocycles. The topological polar surface area (TPSA) is 107 Å². The first-order valence-corrected chi connectivity index (χ1v) is 14.5. The lowest BCUT2D eigenvalue weighted by Crippen LogP contribution is -2.56. The van der Waals surface area contributed by atoms with Gasteiger partial charge in [0.15, 0.2) is 10.7 Å². The molecule has 4 heterocycles. The van der Waals surface area contributed by atoms with E-state index in [-0.39, 0.29) is 30.2 Å². The average Bonchev–Trinajstić information content (AvgIpc) is 3.74. The van der Waals surface area contributed by atoms with Crippen LogP contribution in [0, 0.1) is 5.82 Å². The number of carbonyl (C=O) groups is 2. The number of hydrogen-bond acceptors (Lipinski definition) is 8. The van der Waals surface area contributed by atoms with E-state index in [0.717, 1.165) is 34.7 Å². The number of ether oxygens (including phenoxy) is 1. The molecule has 0 unspecified atom stereocenters. The highest BCUT2D eigenvalue weighted by molar-refractivity contribution is 7.13. The Morgan fingerprint density at radius 1 is 1.20 bits per heavy atom. The summed E-state index contributed by atoms with van der Waals surface area (Å²) in [7, 11) is 1.54. The molecule has 12 heteroatoms. The van der Waals surface area contributed by atoms with Gasteiger partial charge >= 0.3 is 0 Å². The number of likely N-dealkylation sites (tertiary alicyclic amines) is 1. The van der Waals surface area contributed by atoms with Crippen molar-refractivity contribution in [2.45, 2.75) is 25.0 Å². The number of amides is 2. The fourth-order valence-electron chi connectivity index (χ4n) is 5.76. The minimum atomic E-state index is -1.07. The van der Waals surface area contributed by atoms with Crippen molar-refractivity contribution >= 4 is 44.9 Å². The average molecular weight is 578 g/mol. The number of aromatic amines is 1. The minimum absolute atomic E-state index is 0.0577. The molecule has 214 valence electrons. The first kappa shape index (κ1) is 27.3. The summed E-state index contributed by atoms with van der Waals surface area (Å²) in [5.74, 6) is -0.517. The summed E-state index contributed by atoms with van der Waals surface area (Å²) in [6, 6.07) is 11.7. The number of carbonyl (C=O) groups excluding carboxylic acids is 2. The number of nitrogens with zero attached hydrogens (tertiary/aromatic N) is 5. The second-order valence-electron chi connectivity index (χ2n) is 10.6. The van der Waals surface area contributed by atoms with Gasteiger partial charge in [-0.05, 0) is 55.8 Å². The van der Waals surface area contributed by atoms with Crippen LogP contribution in [-0.2, 0) is 14.3 Å². The maximum absolute atomic E-state index is 13.5. The number of rotatable bonds is 7. The minimum Gasteiger partial charge on any atom is -0.367 e. The van der Waals surface area contributed by atoms with Crippen molar-refractivity contribution in [1.82, 2.24) is 25.0 Å². The number of piperazine rings is 1. The molecule has 2 aromatic heterocycles. The van der Waals surface area contributed by atoms with Gasteiger partial charge in [-0.1, -0.05) is 0 Å². The maximum atomic E-state index is 13.5. The Kier molecular flexibility index (Phi) is 7.45. The highest BCUT2D eigenvalue weighted by Gasteiger charge is 2.46. The zero-order valence-corrected chi connectivity index (χ0v) is 23.8. The number of nitrogens with one attached hydrogen (secondary N) is 2. The van der Waals surface area contributed by atoms with Crippen LogP contribution in [0.25, 0.3) is 22.2 Å². The number of methoxy groups -OCH3 is 1. The van der Waals surface area contributed by atoms with Crippen LogP contribution in [0.1, 0.15) is 13.3 Å². The number of H-pyrrole nitrogens is 1. The molecule has 10 nitrogen and oxygen atoms in total. The molecule has 0 saturated carbocycles. The Morgan fingerprint density at radius 2 is 2.02 bits per heavy atom. The lowest BCUT2D eigenvalue weighted by Gasteiger charge is -2.40. The van der Waals surface area contributed by atoms with Gasteiger partial charge in [0.05, 0.1) is 17.8 Å². The largest absolute Gasteiger partial charge is 0.367 e. The first-order chi connectivity index (χ1) is 19.8. The normalized spacial score (nSPS) is 21.5. The molecule has 0 bridgehead atoms. The quantitative estimate of drug-likeness (QED) is 0.346. The molecule has 2 aliphatic rings. The highest BCUT2D eigenvalue weighted by atomic mass is 32.1. The fraction of sp³-hybridized carbons (Fsp3) is 0.379. The van der Waals surface area contributed by atoms with E-state index in [1.807, 2.05) is 27.3 Å². The van der Waals surface area contributed by atoms with Gasteiger partial charge in [0.2, 0.25) is 5.91 Å². The van der Waals surface area contributed by atoms with Crippen LogP contribution in [-0.4, -0.2) is 94.8 Å². The lowest BCUT2D eigenvalue weighted by molar-refractivity contribution is -0.138. The van der Waals surface area contributed by atoms with E-state index in [9.17, 15) is 14.0 Å². The summed E-state index contributed by atoms with van der Waals surface area (Å²) in [5, 5.41) is 14.1. The molecular weight excluding hydrogens is 545 g/mol. The highest BCUT2D eigenvalue weighted by Crippen LogP contribution is 2.31. The van der Waals surface area contributed by atoms with Gasteiger partial charge in [-0.25, -0.2) is 9.37 Å². The number of halogens is 1. The Hall–Kier alpha value is -3.87. The molecule has 2 aliphatic heterocycles. The molecule has 2 aromatic carbocycles. The van der Waals surface area contributed by atoms with Crippen molar-refractivity contribution in [1.29, 1.82) is 0 Å². The third kappa shape index (κ3) is 5.42. The first-order valence-electron chi connectivity index (χ1n) is 13.6. The van der Waals surface area contributed by atoms with Crippen LogP contribution in [0.3, 0.4) is 0 Å². The van der Waals surface area contributed by atoms with Crippen molar-refractivity contribution in [3.05, 3.63) is 59.9 Å². The maximum Gasteiger partial charge on any atom is 0.258 e. The van der Waals surface area contributed by atoms with Crippen LogP contribution in [0.2, 0.25) is 0 Å². The summed E-state index contributed by atoms with van der Waals surface area (Å²) in [6.07, 6.45) is 2.28. The monoisotopic (exact) mass is 577 g/mol. The zero-order chi connectivity index (χ0) is 28.6. The summed E-state index contributed by atoms with van der Waals surface area (Å²) < 4.78 is 19.2. The number of anilines is 2. The van der Waals surface area contributed by atoms with E-state index < -0.39 is 5.60 Å². The van der Waals surface area contributed by atoms with Crippen LogP contribution in [0.15, 0.2) is 54.0 Å². The third-order valence-electron chi connectivity index (χ3n) is 8.05. The van der Waals surface area contributed by atoms with Crippen molar-refractivity contribution < 1.29 is 18.7 Å². The Morgan fingerprint density at radius 3 is 2.76 bits per heavy atom. The van der Waals surface area contributed by atoms with E-state index in [0.29, 0.717) is 37.4 Å². The fourth-order valence-corrected chi connectivity index (χ4v) is 6.44. The molecule has 6 rings (SSSR count). The lowest BCUT2D eigenvalue weighted by atomic mass is 10.0. The molecule has 2 fully saturated rings. The zero-order valence-electron chi connectivity index (χ0n) is 23.0. The molecule has 0 radical (unpaired) electrons. The molecule has 2 amide bonds. The summed E-state index contributed by atoms with van der Waals surface area (Å²) >= 11 is 1.61. The van der Waals surface area contributed by atoms with E-state index in [2.05, 4.69) is 32.3 Å². The number of aromatic nitrogens is 3. The van der Waals surface area contributed by atoms with Crippen molar-refractivity contribution in [2.75, 3.05) is 56.6 Å². The van der Waals surface area contributed by atoms with Gasteiger partial charge in [0.25, 0.3) is 5.91 Å². The molecule has 2 atom stereocenters. The van der Waals surface area contributed by atoms with Crippen LogP contribution < -0.4 is 10.2 Å². The Balaban J connectivity index is 1.10. The smallest absolute Gasteiger partial charge is 0.258 e. The molecule has 0 spiro atoms. The Bertz CT molecular complexity index is 1540. The molecule has 2 N–H and O–H groups in total.